The fourth-order valence-electron chi connectivity index (χ4n) is 2.77. The SMILES string of the molecule is CC1(C)C(NCC(O)COc2ccccc2F)C1(C)C. The summed E-state index contributed by atoms with van der Waals surface area (Å²) in [6.45, 7) is 9.40. The van der Waals surface area contributed by atoms with Gasteiger partial charge in [0, 0.05) is 12.6 Å². The molecule has 1 aromatic rings. The largest absolute Gasteiger partial charge is 0.488 e. The lowest BCUT2D eigenvalue weighted by Crippen LogP contribution is -2.35. The summed E-state index contributed by atoms with van der Waals surface area (Å²) in [5, 5.41) is 13.3. The topological polar surface area (TPSA) is 41.5 Å². The third kappa shape index (κ3) is 2.81. The first-order valence-corrected chi connectivity index (χ1v) is 7.05. The molecule has 1 fully saturated rings. The molecule has 3 nitrogen and oxygen atoms in total. The second-order valence-electron chi connectivity index (χ2n) is 6.68. The summed E-state index contributed by atoms with van der Waals surface area (Å²) in [5.74, 6) is -0.226. The summed E-state index contributed by atoms with van der Waals surface area (Å²) in [6, 6.07) is 6.60. The number of hydrogen-bond donors (Lipinski definition) is 2. The van der Waals surface area contributed by atoms with Gasteiger partial charge in [-0.1, -0.05) is 39.8 Å². The van der Waals surface area contributed by atoms with Gasteiger partial charge in [-0.15, -0.1) is 0 Å². The van der Waals surface area contributed by atoms with E-state index >= 15 is 0 Å². The first-order chi connectivity index (χ1) is 9.26. The summed E-state index contributed by atoms with van der Waals surface area (Å²) < 4.78 is 18.6. The monoisotopic (exact) mass is 281 g/mol. The van der Waals surface area contributed by atoms with Crippen LogP contribution in [0.2, 0.25) is 0 Å². The fourth-order valence-corrected chi connectivity index (χ4v) is 2.77. The van der Waals surface area contributed by atoms with Gasteiger partial charge in [0.1, 0.15) is 12.7 Å². The maximum Gasteiger partial charge on any atom is 0.165 e. The highest BCUT2D eigenvalue weighted by Crippen LogP contribution is 2.62. The van der Waals surface area contributed by atoms with Gasteiger partial charge in [-0.3, -0.25) is 0 Å². The molecule has 4 heteroatoms. The van der Waals surface area contributed by atoms with Crippen molar-refractivity contribution in [3.05, 3.63) is 30.1 Å². The molecule has 112 valence electrons. The Morgan fingerprint density at radius 1 is 1.25 bits per heavy atom. The Bertz CT molecular complexity index is 459. The van der Waals surface area contributed by atoms with E-state index < -0.39 is 11.9 Å². The van der Waals surface area contributed by atoms with E-state index in [1.807, 2.05) is 0 Å². The normalized spacial score (nSPS) is 21.5. The molecule has 0 aromatic heterocycles. The minimum atomic E-state index is -0.651. The molecule has 20 heavy (non-hydrogen) atoms. The molecule has 1 atom stereocenters. The average Bonchev–Trinajstić information content (AvgIpc) is 2.76. The highest BCUT2D eigenvalue weighted by atomic mass is 19.1. The van der Waals surface area contributed by atoms with Crippen LogP contribution >= 0.6 is 0 Å². The Labute approximate surface area is 120 Å². The molecule has 0 aliphatic heterocycles. The van der Waals surface area contributed by atoms with E-state index in [2.05, 4.69) is 33.0 Å². The summed E-state index contributed by atoms with van der Waals surface area (Å²) in [4.78, 5) is 0. The number of aliphatic hydroxyl groups is 1. The second kappa shape index (κ2) is 5.34. The average molecular weight is 281 g/mol. The molecule has 0 saturated heterocycles. The summed E-state index contributed by atoms with van der Waals surface area (Å²) in [7, 11) is 0. The number of rotatable bonds is 6. The van der Waals surface area contributed by atoms with Gasteiger partial charge >= 0.3 is 0 Å². The predicted octanol–water partition coefficient (Wildman–Crippen LogP) is 2.59. The number of ether oxygens (including phenoxy) is 1. The van der Waals surface area contributed by atoms with Crippen molar-refractivity contribution in [1.82, 2.24) is 5.32 Å². The fraction of sp³-hybridized carbons (Fsp3) is 0.625. The van der Waals surface area contributed by atoms with Gasteiger partial charge < -0.3 is 15.2 Å². The Morgan fingerprint density at radius 3 is 2.40 bits per heavy atom. The first kappa shape index (κ1) is 15.3. The molecule has 0 heterocycles. The van der Waals surface area contributed by atoms with E-state index in [0.29, 0.717) is 12.6 Å². The van der Waals surface area contributed by atoms with Crippen LogP contribution in [0.3, 0.4) is 0 Å². The van der Waals surface area contributed by atoms with Gasteiger partial charge in [0.2, 0.25) is 0 Å². The Kier molecular flexibility index (Phi) is 4.07. The third-order valence-electron chi connectivity index (χ3n) is 4.85. The molecule has 0 radical (unpaired) electrons. The number of benzene rings is 1. The lowest BCUT2D eigenvalue weighted by molar-refractivity contribution is 0.103. The van der Waals surface area contributed by atoms with E-state index in [-0.39, 0.29) is 23.2 Å². The zero-order chi connectivity index (χ0) is 15.0. The van der Waals surface area contributed by atoms with Crippen LogP contribution < -0.4 is 10.1 Å². The third-order valence-corrected chi connectivity index (χ3v) is 4.85. The molecule has 1 unspecified atom stereocenters. The van der Waals surface area contributed by atoms with Gasteiger partial charge in [0.05, 0.1) is 0 Å². The molecule has 0 amide bonds. The molecule has 1 aliphatic rings. The zero-order valence-corrected chi connectivity index (χ0v) is 12.6. The molecule has 1 aromatic carbocycles. The molecule has 2 N–H and O–H groups in total. The minimum absolute atomic E-state index is 0.0848. The van der Waals surface area contributed by atoms with Crippen molar-refractivity contribution >= 4 is 0 Å². The van der Waals surface area contributed by atoms with Crippen LogP contribution in [0.5, 0.6) is 5.75 Å². The molecule has 0 spiro atoms. The van der Waals surface area contributed by atoms with Crippen molar-refractivity contribution in [2.24, 2.45) is 10.8 Å². The summed E-state index contributed by atoms with van der Waals surface area (Å²) in [6.07, 6.45) is -0.651. The predicted molar refractivity (Wildman–Crippen MR) is 77.3 cm³/mol. The Hall–Kier alpha value is -1.13. The van der Waals surface area contributed by atoms with E-state index in [0.717, 1.165) is 0 Å². The smallest absolute Gasteiger partial charge is 0.165 e. The van der Waals surface area contributed by atoms with Crippen molar-refractivity contribution in [3.63, 3.8) is 0 Å². The van der Waals surface area contributed by atoms with E-state index in [1.165, 1.54) is 6.07 Å². The summed E-state index contributed by atoms with van der Waals surface area (Å²) in [5.41, 5.74) is 0.470. The van der Waals surface area contributed by atoms with E-state index in [4.69, 9.17) is 4.74 Å². The van der Waals surface area contributed by atoms with Crippen LogP contribution in [0, 0.1) is 16.6 Å². The van der Waals surface area contributed by atoms with Crippen molar-refractivity contribution in [1.29, 1.82) is 0 Å². The summed E-state index contributed by atoms with van der Waals surface area (Å²) >= 11 is 0. The molecular weight excluding hydrogens is 257 g/mol. The van der Waals surface area contributed by atoms with Gasteiger partial charge in [-0.05, 0) is 23.0 Å². The van der Waals surface area contributed by atoms with Gasteiger partial charge in [-0.2, -0.15) is 0 Å². The molecule has 0 bridgehead atoms. The van der Waals surface area contributed by atoms with E-state index in [9.17, 15) is 9.50 Å². The highest BCUT2D eigenvalue weighted by Gasteiger charge is 2.64. The van der Waals surface area contributed by atoms with Gasteiger partial charge in [-0.25, -0.2) is 4.39 Å². The number of para-hydroxylation sites is 1. The molecular formula is C16H24FNO2. The molecule has 2 rings (SSSR count). The van der Waals surface area contributed by atoms with Crippen LogP contribution in [0.4, 0.5) is 4.39 Å². The van der Waals surface area contributed by atoms with Crippen LogP contribution in [0.25, 0.3) is 0 Å². The van der Waals surface area contributed by atoms with Crippen molar-refractivity contribution < 1.29 is 14.2 Å². The van der Waals surface area contributed by atoms with Crippen molar-refractivity contribution in [2.45, 2.75) is 39.8 Å². The number of hydrogen-bond acceptors (Lipinski definition) is 3. The number of aliphatic hydroxyl groups excluding tert-OH is 1. The van der Waals surface area contributed by atoms with Crippen LogP contribution in [0.1, 0.15) is 27.7 Å². The second-order valence-corrected chi connectivity index (χ2v) is 6.68. The highest BCUT2D eigenvalue weighted by molar-refractivity contribution is 5.23. The lowest BCUT2D eigenvalue weighted by Gasteiger charge is -2.14. The van der Waals surface area contributed by atoms with Crippen LogP contribution in [0.15, 0.2) is 24.3 Å². The van der Waals surface area contributed by atoms with Gasteiger partial charge in [0.25, 0.3) is 0 Å². The van der Waals surface area contributed by atoms with Gasteiger partial charge in [0.15, 0.2) is 11.6 Å². The lowest BCUT2D eigenvalue weighted by atomic mass is 10.0. The van der Waals surface area contributed by atoms with Crippen molar-refractivity contribution in [3.8, 4) is 5.75 Å². The maximum atomic E-state index is 13.3. The standard InChI is InChI=1S/C16H24FNO2/c1-15(2)14(16(15,3)4)18-9-11(19)10-20-13-8-6-5-7-12(13)17/h5-8,11,14,18-19H,9-10H2,1-4H3. The zero-order valence-electron chi connectivity index (χ0n) is 12.6. The molecule has 1 saturated carbocycles. The van der Waals surface area contributed by atoms with Crippen molar-refractivity contribution in [2.75, 3.05) is 13.2 Å². The Morgan fingerprint density at radius 2 is 1.85 bits per heavy atom. The van der Waals surface area contributed by atoms with E-state index in [1.54, 1.807) is 18.2 Å². The quantitative estimate of drug-likeness (QED) is 0.842. The first-order valence-electron chi connectivity index (χ1n) is 7.05. The number of halogens is 1. The Balaban J connectivity index is 1.75. The number of nitrogens with one attached hydrogen (secondary N) is 1. The van der Waals surface area contributed by atoms with Crippen LogP contribution in [-0.2, 0) is 0 Å². The van der Waals surface area contributed by atoms with Crippen LogP contribution in [-0.4, -0.2) is 30.4 Å². The maximum absolute atomic E-state index is 13.3. The minimum Gasteiger partial charge on any atom is -0.488 e. The molecule has 1 aliphatic carbocycles.